The number of nitrogens with one attached hydrogen (secondary N) is 3. The molecule has 0 aliphatic rings. The summed E-state index contributed by atoms with van der Waals surface area (Å²) in [5.74, 6) is 0.410. The summed E-state index contributed by atoms with van der Waals surface area (Å²) in [5, 5.41) is 29.0. The van der Waals surface area contributed by atoms with Crippen LogP contribution in [0.25, 0.3) is 10.9 Å². The monoisotopic (exact) mass is 695 g/mol. The molecule has 0 saturated heterocycles. The summed E-state index contributed by atoms with van der Waals surface area (Å²) in [6.45, 7) is 0. The van der Waals surface area contributed by atoms with Gasteiger partial charge >= 0.3 is 13.0 Å². The van der Waals surface area contributed by atoms with Gasteiger partial charge in [-0.2, -0.15) is 10.2 Å². The van der Waals surface area contributed by atoms with Crippen molar-refractivity contribution in [3.05, 3.63) is 136 Å². The number of H-pyrrole nitrogens is 1. The average molecular weight is 696 g/mol. The van der Waals surface area contributed by atoms with Crippen LogP contribution in [0.3, 0.4) is 0 Å². The molecule has 12 nitrogen and oxygen atoms in total. The minimum Gasteiger partial charge on any atom is -0.457 e. The molecule has 0 aliphatic heterocycles. The van der Waals surface area contributed by atoms with Crippen LogP contribution >= 0.6 is 23.2 Å². The van der Waals surface area contributed by atoms with E-state index in [0.29, 0.717) is 38.4 Å². The Bertz CT molecular complexity index is 2180. The van der Waals surface area contributed by atoms with E-state index in [-0.39, 0.29) is 22.9 Å². The predicted octanol–water partition coefficient (Wildman–Crippen LogP) is 5.86. The molecule has 2 amide bonds. The number of amides is 2. The maximum absolute atomic E-state index is 12.8. The van der Waals surface area contributed by atoms with Gasteiger partial charge in [0.25, 0.3) is 11.9 Å². The van der Waals surface area contributed by atoms with Crippen LogP contribution in [0, 0.1) is 0 Å². The van der Waals surface area contributed by atoms with Crippen molar-refractivity contribution in [3.8, 4) is 23.2 Å². The summed E-state index contributed by atoms with van der Waals surface area (Å²) in [4.78, 5) is 28.4. The summed E-state index contributed by atoms with van der Waals surface area (Å²) in [7, 11) is -1.80. The van der Waals surface area contributed by atoms with Gasteiger partial charge in [0.2, 0.25) is 0 Å². The second-order valence-electron chi connectivity index (χ2n) is 10.4. The lowest BCUT2D eigenvalue weighted by Crippen LogP contribution is -2.30. The van der Waals surface area contributed by atoms with E-state index in [9.17, 15) is 19.6 Å². The zero-order chi connectivity index (χ0) is 34.3. The number of benzene rings is 4. The first-order valence-corrected chi connectivity index (χ1v) is 15.2. The molecule has 2 heterocycles. The Morgan fingerprint density at radius 3 is 2.12 bits per heavy atom. The predicted molar refractivity (Wildman–Crippen MR) is 186 cm³/mol. The third kappa shape index (κ3) is 8.74. The lowest BCUT2D eigenvalue weighted by atomic mass is 9.79. The molecule has 2 aromatic heterocycles. The highest BCUT2D eigenvalue weighted by molar-refractivity contribution is 6.58. The van der Waals surface area contributed by atoms with Gasteiger partial charge in [0.15, 0.2) is 5.76 Å². The van der Waals surface area contributed by atoms with Crippen molar-refractivity contribution in [3.63, 3.8) is 0 Å². The van der Waals surface area contributed by atoms with Crippen LogP contribution < -0.4 is 25.8 Å². The molecular weight excluding hydrogens is 672 g/mol. The molecule has 0 radical (unpaired) electrons. The van der Waals surface area contributed by atoms with Crippen molar-refractivity contribution in [2.75, 3.05) is 0 Å². The topological polar surface area (TPSA) is 171 Å². The molecule has 15 heteroatoms. The number of hydrogen-bond donors (Lipinski definition) is 5. The lowest BCUT2D eigenvalue weighted by Gasteiger charge is -2.04. The molecular formula is C34H24BCl2N5O7. The normalized spacial score (nSPS) is 11.3. The summed E-state index contributed by atoms with van der Waals surface area (Å²) in [5.41, 5.74) is 6.71. The van der Waals surface area contributed by atoms with Crippen LogP contribution in [0.2, 0.25) is 10.0 Å². The van der Waals surface area contributed by atoms with Crippen LogP contribution in [-0.4, -0.2) is 46.4 Å². The second kappa shape index (κ2) is 14.9. The van der Waals surface area contributed by atoms with E-state index < -0.39 is 18.9 Å². The van der Waals surface area contributed by atoms with Crippen molar-refractivity contribution in [1.82, 2.24) is 15.8 Å². The van der Waals surface area contributed by atoms with E-state index in [4.69, 9.17) is 37.1 Å². The molecule has 6 aromatic rings. The number of hydrogen-bond acceptors (Lipinski definition) is 9. The molecule has 0 spiro atoms. The molecule has 0 unspecified atom stereocenters. The van der Waals surface area contributed by atoms with Crippen LogP contribution in [-0.2, 0) is 0 Å². The smallest absolute Gasteiger partial charge is 0.457 e. The number of aromatic nitrogens is 1. The lowest BCUT2D eigenvalue weighted by molar-refractivity contribution is 0.0920. The SMILES string of the molecule is O=C(N/N=C/c1cc(/C=N/NC(=O)c2ccc(Oc3cc(Cl)cc(Cl)c3)o2)cc(B(O)O)c1)c1cc2cc(Oc3ccccc3)ccc2[nH]1. The molecule has 4 aromatic carbocycles. The number of halogens is 2. The first kappa shape index (κ1) is 33.1. The number of ether oxygens (including phenoxy) is 2. The van der Waals surface area contributed by atoms with Crippen LogP contribution in [0.5, 0.6) is 23.2 Å². The Hall–Kier alpha value is -5.86. The Morgan fingerprint density at radius 1 is 0.735 bits per heavy atom. The van der Waals surface area contributed by atoms with Gasteiger partial charge in [0.1, 0.15) is 22.9 Å². The van der Waals surface area contributed by atoms with Crippen LogP contribution in [0.15, 0.2) is 118 Å². The number of nitrogens with zero attached hydrogens (tertiary/aromatic N) is 2. The number of para-hydroxylation sites is 1. The molecule has 0 saturated carbocycles. The highest BCUT2D eigenvalue weighted by Gasteiger charge is 2.15. The fourth-order valence-electron chi connectivity index (χ4n) is 4.57. The van der Waals surface area contributed by atoms with Crippen molar-refractivity contribution in [2.24, 2.45) is 10.2 Å². The molecule has 0 atom stereocenters. The standard InChI is InChI=1S/C34H24BCl2N5O7/c36-24-15-25(37)17-28(16-24)48-32-9-8-31(49-32)34(44)42-39-19-21-10-20(11-23(12-21)35(45)46)18-38-41-33(43)30-14-22-13-27(6-7-29(22)40-30)47-26-4-2-1-3-5-26/h1-19,40,45-46H,(H,41,43)(H,42,44)/b38-18+,39-19+. The van der Waals surface area contributed by atoms with Crippen molar-refractivity contribution < 1.29 is 33.5 Å². The Labute approximate surface area is 288 Å². The van der Waals surface area contributed by atoms with E-state index in [2.05, 4.69) is 26.0 Å². The van der Waals surface area contributed by atoms with Gasteiger partial charge in [-0.25, -0.2) is 10.9 Å². The molecule has 0 bridgehead atoms. The van der Waals surface area contributed by atoms with E-state index in [1.54, 1.807) is 24.3 Å². The first-order chi connectivity index (χ1) is 23.7. The van der Waals surface area contributed by atoms with Gasteiger partial charge in [-0.3, -0.25) is 9.59 Å². The van der Waals surface area contributed by atoms with Gasteiger partial charge < -0.3 is 28.9 Å². The van der Waals surface area contributed by atoms with Crippen molar-refractivity contribution in [1.29, 1.82) is 0 Å². The maximum Gasteiger partial charge on any atom is 0.488 e. The van der Waals surface area contributed by atoms with Gasteiger partial charge in [-0.05, 0) is 83.3 Å². The van der Waals surface area contributed by atoms with Gasteiger partial charge in [-0.15, -0.1) is 0 Å². The molecule has 0 fully saturated rings. The molecule has 244 valence electrons. The maximum atomic E-state index is 12.8. The Balaban J connectivity index is 1.07. The summed E-state index contributed by atoms with van der Waals surface area (Å²) in [6.07, 6.45) is 2.61. The van der Waals surface area contributed by atoms with E-state index in [1.165, 1.54) is 48.8 Å². The zero-order valence-corrected chi connectivity index (χ0v) is 26.6. The third-order valence-corrected chi connectivity index (χ3v) is 7.17. The molecule has 5 N–H and O–H groups in total. The number of carbonyl (C=O) groups is 2. The second-order valence-corrected chi connectivity index (χ2v) is 11.3. The average Bonchev–Trinajstić information content (AvgIpc) is 3.72. The molecule has 49 heavy (non-hydrogen) atoms. The van der Waals surface area contributed by atoms with Crippen LogP contribution in [0.1, 0.15) is 32.2 Å². The number of hydrazone groups is 2. The van der Waals surface area contributed by atoms with Crippen LogP contribution in [0.4, 0.5) is 0 Å². The van der Waals surface area contributed by atoms with Gasteiger partial charge in [0, 0.05) is 27.0 Å². The Morgan fingerprint density at radius 2 is 1.43 bits per heavy atom. The number of fused-ring (bicyclic) bond motifs is 1. The minimum atomic E-state index is -1.80. The van der Waals surface area contributed by atoms with E-state index >= 15 is 0 Å². The highest BCUT2D eigenvalue weighted by Crippen LogP contribution is 2.29. The number of furan rings is 1. The summed E-state index contributed by atoms with van der Waals surface area (Å²) >= 11 is 12.0. The Kier molecular flexibility index (Phi) is 10.1. The van der Waals surface area contributed by atoms with E-state index in [1.807, 2.05) is 42.5 Å². The minimum absolute atomic E-state index is 0.0280. The molecule has 0 aliphatic carbocycles. The largest absolute Gasteiger partial charge is 0.488 e. The quantitative estimate of drug-likeness (QED) is 0.0642. The fraction of sp³-hybridized carbons (Fsp3) is 0. The number of carbonyl (C=O) groups excluding carboxylic acids is 2. The fourth-order valence-corrected chi connectivity index (χ4v) is 5.07. The highest BCUT2D eigenvalue weighted by atomic mass is 35.5. The number of aromatic amines is 1. The van der Waals surface area contributed by atoms with Gasteiger partial charge in [-0.1, -0.05) is 53.5 Å². The zero-order valence-electron chi connectivity index (χ0n) is 25.1. The van der Waals surface area contributed by atoms with E-state index in [0.717, 1.165) is 10.9 Å². The summed E-state index contributed by atoms with van der Waals surface area (Å²) in [6, 6.07) is 28.4. The summed E-state index contributed by atoms with van der Waals surface area (Å²) < 4.78 is 16.8. The van der Waals surface area contributed by atoms with Crippen molar-refractivity contribution >= 4 is 70.9 Å². The first-order valence-electron chi connectivity index (χ1n) is 14.5. The third-order valence-electron chi connectivity index (χ3n) is 6.73. The van der Waals surface area contributed by atoms with Gasteiger partial charge in [0.05, 0.1) is 12.4 Å². The number of rotatable bonds is 11. The van der Waals surface area contributed by atoms with Crippen molar-refractivity contribution in [2.45, 2.75) is 0 Å². The molecule has 6 rings (SSSR count).